The summed E-state index contributed by atoms with van der Waals surface area (Å²) in [5.74, 6) is -0.0111. The first kappa shape index (κ1) is 76.6. The fourth-order valence-corrected chi connectivity index (χ4v) is 11.6. The van der Waals surface area contributed by atoms with Gasteiger partial charge in [-0.3, -0.25) is 9.59 Å². The number of nitrogens with one attached hydrogen (secondary N) is 1. The molecule has 0 aliphatic heterocycles. The number of unbranched alkanes of at least 4 members (excludes halogenated alkanes) is 55. The first-order valence-corrected chi connectivity index (χ1v) is 35.9. The summed E-state index contributed by atoms with van der Waals surface area (Å²) in [6.07, 6.45) is 84.1. The maximum atomic E-state index is 12.5. The molecule has 0 aliphatic carbocycles. The number of aliphatic hydroxyl groups is 2. The van der Waals surface area contributed by atoms with Gasteiger partial charge in [-0.05, 0) is 51.4 Å². The van der Waals surface area contributed by atoms with E-state index in [0.29, 0.717) is 25.9 Å². The summed E-state index contributed by atoms with van der Waals surface area (Å²) < 4.78 is 5.48. The van der Waals surface area contributed by atoms with Crippen molar-refractivity contribution in [2.24, 2.45) is 0 Å². The van der Waals surface area contributed by atoms with E-state index in [1.165, 1.54) is 340 Å². The van der Waals surface area contributed by atoms with E-state index in [4.69, 9.17) is 4.74 Å². The van der Waals surface area contributed by atoms with Crippen molar-refractivity contribution in [3.8, 4) is 0 Å². The van der Waals surface area contributed by atoms with Crippen LogP contribution in [0.4, 0.5) is 0 Å². The summed E-state index contributed by atoms with van der Waals surface area (Å²) in [5, 5.41) is 23.4. The molecule has 0 spiro atoms. The fourth-order valence-electron chi connectivity index (χ4n) is 11.6. The van der Waals surface area contributed by atoms with E-state index >= 15 is 0 Å². The van der Waals surface area contributed by atoms with Gasteiger partial charge in [0.2, 0.25) is 5.91 Å². The molecule has 2 atom stereocenters. The highest BCUT2D eigenvalue weighted by atomic mass is 16.5. The van der Waals surface area contributed by atoms with Gasteiger partial charge < -0.3 is 20.3 Å². The number of aliphatic hydroxyl groups excluding tert-OH is 2. The molecular weight excluding hydrogens is 959 g/mol. The van der Waals surface area contributed by atoms with Crippen LogP contribution in [0.5, 0.6) is 0 Å². The molecule has 0 fully saturated rings. The van der Waals surface area contributed by atoms with Gasteiger partial charge in [-0.2, -0.15) is 0 Å². The molecule has 0 aromatic heterocycles. The summed E-state index contributed by atoms with van der Waals surface area (Å²) in [4.78, 5) is 24.6. The highest BCUT2D eigenvalue weighted by Crippen LogP contribution is 2.19. The maximum absolute atomic E-state index is 12.5. The van der Waals surface area contributed by atoms with E-state index < -0.39 is 12.1 Å². The average molecular weight is 1100 g/mol. The first-order valence-electron chi connectivity index (χ1n) is 35.9. The van der Waals surface area contributed by atoms with Gasteiger partial charge in [-0.15, -0.1) is 0 Å². The predicted molar refractivity (Wildman–Crippen MR) is 343 cm³/mol. The zero-order chi connectivity index (χ0) is 56.4. The Bertz CT molecular complexity index is 1180. The molecular formula is C72H141NO5. The highest BCUT2D eigenvalue weighted by molar-refractivity contribution is 5.76. The third kappa shape index (κ3) is 63.8. The molecule has 3 N–H and O–H groups in total. The van der Waals surface area contributed by atoms with Crippen LogP contribution < -0.4 is 5.32 Å². The SMILES string of the molecule is CCCCCCCCCCCCCCCCCCCCCCC(O)C(CO)NC(=O)CCCCCCCCCCCCCCC/C=C\CCCCCCCCCCCCCCOC(=O)CCCCCCCCCCCCCC. The Morgan fingerprint density at radius 1 is 0.346 bits per heavy atom. The van der Waals surface area contributed by atoms with Crippen molar-refractivity contribution in [2.45, 2.75) is 424 Å². The van der Waals surface area contributed by atoms with Crippen LogP contribution in [0, 0.1) is 0 Å². The number of carbonyl (C=O) groups excluding carboxylic acids is 2. The predicted octanol–water partition coefficient (Wildman–Crippen LogP) is 23.1. The van der Waals surface area contributed by atoms with Gasteiger partial charge in [0.05, 0.1) is 25.4 Å². The van der Waals surface area contributed by atoms with Gasteiger partial charge in [0.15, 0.2) is 0 Å². The topological polar surface area (TPSA) is 95.9 Å². The number of ether oxygens (including phenoxy) is 1. The lowest BCUT2D eigenvalue weighted by atomic mass is 10.0. The Morgan fingerprint density at radius 2 is 0.603 bits per heavy atom. The van der Waals surface area contributed by atoms with Crippen LogP contribution in [0.15, 0.2) is 12.2 Å². The van der Waals surface area contributed by atoms with Crippen molar-refractivity contribution < 1.29 is 24.5 Å². The number of rotatable bonds is 68. The van der Waals surface area contributed by atoms with Gasteiger partial charge in [0.1, 0.15) is 0 Å². The molecule has 464 valence electrons. The summed E-state index contributed by atoms with van der Waals surface area (Å²) >= 11 is 0. The summed E-state index contributed by atoms with van der Waals surface area (Å²) in [6.45, 7) is 5.00. The third-order valence-electron chi connectivity index (χ3n) is 17.1. The van der Waals surface area contributed by atoms with Crippen molar-refractivity contribution in [1.82, 2.24) is 5.32 Å². The molecule has 6 nitrogen and oxygen atoms in total. The molecule has 0 heterocycles. The number of allylic oxidation sites excluding steroid dienone is 2. The first-order chi connectivity index (χ1) is 38.5. The Morgan fingerprint density at radius 3 is 0.910 bits per heavy atom. The monoisotopic (exact) mass is 1100 g/mol. The van der Waals surface area contributed by atoms with Gasteiger partial charge >= 0.3 is 5.97 Å². The largest absolute Gasteiger partial charge is 0.466 e. The Hall–Kier alpha value is -1.40. The second-order valence-electron chi connectivity index (χ2n) is 24.9. The summed E-state index contributed by atoms with van der Waals surface area (Å²) in [7, 11) is 0. The van der Waals surface area contributed by atoms with Gasteiger partial charge in [-0.1, -0.05) is 360 Å². The van der Waals surface area contributed by atoms with Gasteiger partial charge in [0.25, 0.3) is 0 Å². The molecule has 78 heavy (non-hydrogen) atoms. The van der Waals surface area contributed by atoms with E-state index in [2.05, 4.69) is 31.3 Å². The van der Waals surface area contributed by atoms with E-state index in [1.807, 2.05) is 0 Å². The van der Waals surface area contributed by atoms with Crippen molar-refractivity contribution in [2.75, 3.05) is 13.2 Å². The fraction of sp³-hybridized carbons (Fsp3) is 0.944. The van der Waals surface area contributed by atoms with Crippen LogP contribution in [-0.4, -0.2) is 47.4 Å². The van der Waals surface area contributed by atoms with E-state index in [1.54, 1.807) is 0 Å². The van der Waals surface area contributed by atoms with E-state index in [9.17, 15) is 19.8 Å². The smallest absolute Gasteiger partial charge is 0.305 e. The second-order valence-corrected chi connectivity index (χ2v) is 24.9. The number of amides is 1. The lowest BCUT2D eigenvalue weighted by molar-refractivity contribution is -0.143. The molecule has 0 bridgehead atoms. The van der Waals surface area contributed by atoms with Crippen molar-refractivity contribution in [3.05, 3.63) is 12.2 Å². The molecule has 0 aromatic carbocycles. The highest BCUT2D eigenvalue weighted by Gasteiger charge is 2.20. The van der Waals surface area contributed by atoms with Crippen LogP contribution in [0.25, 0.3) is 0 Å². The van der Waals surface area contributed by atoms with E-state index in [0.717, 1.165) is 38.5 Å². The van der Waals surface area contributed by atoms with Gasteiger partial charge in [-0.25, -0.2) is 0 Å². The molecule has 1 amide bonds. The standard InChI is InChI=1S/C72H141NO5/c1-3-5-7-9-11-13-15-17-18-19-20-32-35-38-41-44-48-52-56-60-64-70(75)69(68-74)73-71(76)65-61-57-53-49-45-42-39-36-33-30-28-26-24-22-21-23-25-27-29-31-34-37-40-43-47-51-55-59-63-67-78-72(77)66-62-58-54-50-46-16-14-12-10-8-6-4-2/h21,23,69-70,74-75H,3-20,22,24-68H2,1-2H3,(H,73,76)/b23-21-. The number of esters is 1. The number of hydrogen-bond donors (Lipinski definition) is 3. The van der Waals surface area contributed by atoms with Crippen LogP contribution in [0.3, 0.4) is 0 Å². The van der Waals surface area contributed by atoms with Crippen LogP contribution in [0.2, 0.25) is 0 Å². The van der Waals surface area contributed by atoms with Crippen molar-refractivity contribution in [1.29, 1.82) is 0 Å². The Labute approximate surface area is 489 Å². The van der Waals surface area contributed by atoms with Crippen LogP contribution >= 0.6 is 0 Å². The number of carbonyl (C=O) groups is 2. The lowest BCUT2D eigenvalue weighted by Crippen LogP contribution is -2.45. The quantitative estimate of drug-likeness (QED) is 0.0320. The van der Waals surface area contributed by atoms with Crippen molar-refractivity contribution in [3.63, 3.8) is 0 Å². The number of hydrogen-bond acceptors (Lipinski definition) is 5. The zero-order valence-corrected chi connectivity index (χ0v) is 53.2. The minimum atomic E-state index is -0.664. The van der Waals surface area contributed by atoms with Crippen LogP contribution in [0.1, 0.15) is 412 Å². The minimum Gasteiger partial charge on any atom is -0.466 e. The molecule has 2 unspecified atom stereocenters. The normalized spacial score (nSPS) is 12.5. The van der Waals surface area contributed by atoms with Gasteiger partial charge in [0, 0.05) is 12.8 Å². The molecule has 0 aliphatic rings. The minimum absolute atomic E-state index is 0.0182. The van der Waals surface area contributed by atoms with E-state index in [-0.39, 0.29) is 18.5 Å². The molecule has 0 rings (SSSR count). The summed E-state index contributed by atoms with van der Waals surface area (Å²) in [5.41, 5.74) is 0. The molecule has 0 aromatic rings. The molecule has 0 saturated carbocycles. The second kappa shape index (κ2) is 68.1. The van der Waals surface area contributed by atoms with Crippen LogP contribution in [-0.2, 0) is 14.3 Å². The maximum Gasteiger partial charge on any atom is 0.305 e. The third-order valence-corrected chi connectivity index (χ3v) is 17.1. The average Bonchev–Trinajstić information content (AvgIpc) is 3.44. The Kier molecular flexibility index (Phi) is 66.9. The zero-order valence-electron chi connectivity index (χ0n) is 53.2. The van der Waals surface area contributed by atoms with Crippen molar-refractivity contribution >= 4 is 11.9 Å². The molecule has 0 saturated heterocycles. The molecule has 6 heteroatoms. The lowest BCUT2D eigenvalue weighted by Gasteiger charge is -2.22. The Balaban J connectivity index is 3.37. The molecule has 0 radical (unpaired) electrons. The summed E-state index contributed by atoms with van der Waals surface area (Å²) in [6, 6.07) is -0.541.